The zero-order valence-corrected chi connectivity index (χ0v) is 11.9. The minimum absolute atomic E-state index is 0.151. The molecule has 0 saturated carbocycles. The van der Waals surface area contributed by atoms with Gasteiger partial charge in [-0.15, -0.1) is 0 Å². The molecule has 0 radical (unpaired) electrons. The quantitative estimate of drug-likeness (QED) is 0.929. The van der Waals surface area contributed by atoms with Crippen LogP contribution in [0.3, 0.4) is 0 Å². The Balaban J connectivity index is 1.81. The van der Waals surface area contributed by atoms with E-state index in [2.05, 4.69) is 4.90 Å². The van der Waals surface area contributed by atoms with Crippen molar-refractivity contribution in [2.24, 2.45) is 5.92 Å². The van der Waals surface area contributed by atoms with Crippen LogP contribution in [-0.4, -0.2) is 28.1 Å². The number of hydrogen-bond donors (Lipinski definition) is 1. The predicted octanol–water partition coefficient (Wildman–Crippen LogP) is 3.43. The van der Waals surface area contributed by atoms with Gasteiger partial charge in [-0.05, 0) is 30.9 Å². The zero-order valence-electron chi connectivity index (χ0n) is 10.4. The SMILES string of the molecule is O=C(O)[C@@H]1C[C@H]2CC[C@H]1N2Cc1cccc(Cl)c1Cl. The van der Waals surface area contributed by atoms with Crippen molar-refractivity contribution in [2.45, 2.75) is 37.9 Å². The Hall–Kier alpha value is -0.770. The molecule has 1 N–H and O–H groups in total. The molecule has 3 rings (SSSR count). The first-order chi connectivity index (χ1) is 9.08. The molecular formula is C14H15Cl2NO2. The van der Waals surface area contributed by atoms with Gasteiger partial charge in [-0.25, -0.2) is 0 Å². The van der Waals surface area contributed by atoms with E-state index in [9.17, 15) is 9.90 Å². The molecule has 0 amide bonds. The normalized spacial score (nSPS) is 29.9. The molecule has 2 bridgehead atoms. The van der Waals surface area contributed by atoms with Crippen LogP contribution in [0.4, 0.5) is 0 Å². The summed E-state index contributed by atoms with van der Waals surface area (Å²) in [5, 5.41) is 10.4. The topological polar surface area (TPSA) is 40.5 Å². The maximum absolute atomic E-state index is 11.2. The van der Waals surface area contributed by atoms with Crippen molar-refractivity contribution in [2.75, 3.05) is 0 Å². The maximum atomic E-state index is 11.2. The van der Waals surface area contributed by atoms with Gasteiger partial charge in [-0.3, -0.25) is 9.69 Å². The Bertz CT molecular complexity index is 520. The van der Waals surface area contributed by atoms with Crippen LogP contribution < -0.4 is 0 Å². The van der Waals surface area contributed by atoms with E-state index >= 15 is 0 Å². The molecule has 3 nitrogen and oxygen atoms in total. The molecule has 2 fully saturated rings. The molecule has 19 heavy (non-hydrogen) atoms. The van der Waals surface area contributed by atoms with Crippen molar-refractivity contribution in [1.29, 1.82) is 0 Å². The second kappa shape index (κ2) is 4.97. The lowest BCUT2D eigenvalue weighted by Crippen LogP contribution is -2.32. The van der Waals surface area contributed by atoms with Crippen LogP contribution in [0, 0.1) is 5.92 Å². The summed E-state index contributed by atoms with van der Waals surface area (Å²) < 4.78 is 0. The van der Waals surface area contributed by atoms with E-state index in [-0.39, 0.29) is 12.0 Å². The van der Waals surface area contributed by atoms with Gasteiger partial charge < -0.3 is 5.11 Å². The number of hydrogen-bond acceptors (Lipinski definition) is 2. The number of aliphatic carboxylic acids is 1. The largest absolute Gasteiger partial charge is 0.481 e. The molecular weight excluding hydrogens is 285 g/mol. The fraction of sp³-hybridized carbons (Fsp3) is 0.500. The molecule has 2 saturated heterocycles. The van der Waals surface area contributed by atoms with Gasteiger partial charge in [0, 0.05) is 18.6 Å². The molecule has 3 atom stereocenters. The molecule has 0 aliphatic carbocycles. The van der Waals surface area contributed by atoms with E-state index in [1.165, 1.54) is 0 Å². The van der Waals surface area contributed by atoms with E-state index in [0.29, 0.717) is 22.6 Å². The van der Waals surface area contributed by atoms with Crippen molar-refractivity contribution in [3.63, 3.8) is 0 Å². The first-order valence-electron chi connectivity index (χ1n) is 6.49. The summed E-state index contributed by atoms with van der Waals surface area (Å²) in [6.07, 6.45) is 2.82. The fourth-order valence-corrected chi connectivity index (χ4v) is 3.86. The monoisotopic (exact) mass is 299 g/mol. The van der Waals surface area contributed by atoms with Crippen LogP contribution in [0.1, 0.15) is 24.8 Å². The van der Waals surface area contributed by atoms with E-state index in [1.54, 1.807) is 6.07 Å². The second-order valence-corrected chi connectivity index (χ2v) is 6.15. The summed E-state index contributed by atoms with van der Waals surface area (Å²) in [5.41, 5.74) is 0.983. The highest BCUT2D eigenvalue weighted by Crippen LogP contribution is 2.43. The molecule has 2 aliphatic heterocycles. The van der Waals surface area contributed by atoms with Crippen LogP contribution in [0.15, 0.2) is 18.2 Å². The average molecular weight is 300 g/mol. The van der Waals surface area contributed by atoms with Crippen LogP contribution in [0.5, 0.6) is 0 Å². The van der Waals surface area contributed by atoms with Crippen molar-refractivity contribution in [1.82, 2.24) is 4.90 Å². The zero-order chi connectivity index (χ0) is 13.6. The van der Waals surface area contributed by atoms with Crippen molar-refractivity contribution in [3.05, 3.63) is 33.8 Å². The van der Waals surface area contributed by atoms with E-state index in [0.717, 1.165) is 24.8 Å². The Morgan fingerprint density at radius 3 is 2.84 bits per heavy atom. The summed E-state index contributed by atoms with van der Waals surface area (Å²) in [4.78, 5) is 13.5. The summed E-state index contributed by atoms with van der Waals surface area (Å²) in [7, 11) is 0. The number of fused-ring (bicyclic) bond motifs is 2. The van der Waals surface area contributed by atoms with E-state index < -0.39 is 5.97 Å². The molecule has 5 heteroatoms. The highest BCUT2D eigenvalue weighted by atomic mass is 35.5. The maximum Gasteiger partial charge on any atom is 0.308 e. The Labute approximate surface area is 122 Å². The number of carboxylic acids is 1. The average Bonchev–Trinajstić information content (AvgIpc) is 2.92. The lowest BCUT2D eigenvalue weighted by atomic mass is 9.89. The summed E-state index contributed by atoms with van der Waals surface area (Å²) >= 11 is 12.2. The van der Waals surface area contributed by atoms with Crippen LogP contribution in [0.25, 0.3) is 0 Å². The third-order valence-corrected chi connectivity index (χ3v) is 5.24. The first-order valence-corrected chi connectivity index (χ1v) is 7.25. The number of halogens is 2. The Kier molecular flexibility index (Phi) is 3.46. The Morgan fingerprint density at radius 2 is 2.16 bits per heavy atom. The predicted molar refractivity (Wildman–Crippen MR) is 74.6 cm³/mol. The number of nitrogens with zero attached hydrogens (tertiary/aromatic N) is 1. The smallest absolute Gasteiger partial charge is 0.308 e. The summed E-state index contributed by atoms with van der Waals surface area (Å²) in [6, 6.07) is 6.14. The van der Waals surface area contributed by atoms with Gasteiger partial charge in [0.1, 0.15) is 0 Å². The minimum Gasteiger partial charge on any atom is -0.481 e. The van der Waals surface area contributed by atoms with Gasteiger partial charge in [0.05, 0.1) is 16.0 Å². The van der Waals surface area contributed by atoms with E-state index in [4.69, 9.17) is 23.2 Å². The van der Waals surface area contributed by atoms with Crippen molar-refractivity contribution >= 4 is 29.2 Å². The fourth-order valence-electron chi connectivity index (χ4n) is 3.48. The van der Waals surface area contributed by atoms with Crippen molar-refractivity contribution in [3.8, 4) is 0 Å². The number of carboxylic acid groups (broad SMARTS) is 1. The first kappa shape index (κ1) is 13.2. The third kappa shape index (κ3) is 2.24. The molecule has 102 valence electrons. The molecule has 1 aromatic rings. The molecule has 0 spiro atoms. The van der Waals surface area contributed by atoms with Gasteiger partial charge >= 0.3 is 5.97 Å². The molecule has 2 heterocycles. The summed E-state index contributed by atoms with van der Waals surface area (Å²) in [5.74, 6) is -0.897. The van der Waals surface area contributed by atoms with Crippen molar-refractivity contribution < 1.29 is 9.90 Å². The lowest BCUT2D eigenvalue weighted by molar-refractivity contribution is -0.142. The number of carbonyl (C=O) groups is 1. The number of rotatable bonds is 3. The van der Waals surface area contributed by atoms with Gasteiger partial charge in [-0.2, -0.15) is 0 Å². The molecule has 0 aromatic heterocycles. The Morgan fingerprint density at radius 1 is 1.37 bits per heavy atom. The third-order valence-electron chi connectivity index (χ3n) is 4.38. The standard InChI is InChI=1S/C14H15Cl2NO2/c15-11-3-1-2-8(13(11)16)7-17-9-4-5-12(17)10(6-9)14(18)19/h1-3,9-10,12H,4-7H2,(H,18,19)/t9-,10-,12-/m1/s1. The summed E-state index contributed by atoms with van der Waals surface area (Å²) in [6.45, 7) is 0.693. The van der Waals surface area contributed by atoms with Crippen LogP contribution in [0.2, 0.25) is 10.0 Å². The molecule has 1 aromatic carbocycles. The van der Waals surface area contributed by atoms with Crippen LogP contribution >= 0.6 is 23.2 Å². The second-order valence-electron chi connectivity index (χ2n) is 5.36. The number of benzene rings is 1. The minimum atomic E-state index is -0.672. The molecule has 2 aliphatic rings. The van der Waals surface area contributed by atoms with Gasteiger partial charge in [0.15, 0.2) is 0 Å². The molecule has 0 unspecified atom stereocenters. The van der Waals surface area contributed by atoms with Gasteiger partial charge in [0.25, 0.3) is 0 Å². The van der Waals surface area contributed by atoms with Crippen LogP contribution in [-0.2, 0) is 11.3 Å². The van der Waals surface area contributed by atoms with Gasteiger partial charge in [-0.1, -0.05) is 35.3 Å². The van der Waals surface area contributed by atoms with Gasteiger partial charge in [0.2, 0.25) is 0 Å². The lowest BCUT2D eigenvalue weighted by Gasteiger charge is -2.23. The van der Waals surface area contributed by atoms with E-state index in [1.807, 2.05) is 12.1 Å². The highest BCUT2D eigenvalue weighted by Gasteiger charge is 2.49. The highest BCUT2D eigenvalue weighted by molar-refractivity contribution is 6.42.